The number of benzene rings is 1. The van der Waals surface area contributed by atoms with Crippen LogP contribution in [0.4, 0.5) is 0 Å². The van der Waals surface area contributed by atoms with Gasteiger partial charge in [-0.3, -0.25) is 0 Å². The Hall–Kier alpha value is -0.670. The number of rotatable bonds is 2. The van der Waals surface area contributed by atoms with Gasteiger partial charge >= 0.3 is 5.97 Å². The molecule has 17 heavy (non-hydrogen) atoms. The Morgan fingerprint density at radius 2 is 2.35 bits per heavy atom. The monoisotopic (exact) mass is 270 g/mol. The van der Waals surface area contributed by atoms with Crippen LogP contribution in [-0.4, -0.2) is 23.1 Å². The summed E-state index contributed by atoms with van der Waals surface area (Å²) in [6.45, 7) is 2.00. The van der Waals surface area contributed by atoms with E-state index >= 15 is 0 Å². The van der Waals surface area contributed by atoms with Crippen molar-refractivity contribution in [1.29, 1.82) is 0 Å². The Morgan fingerprint density at radius 1 is 1.53 bits per heavy atom. The van der Waals surface area contributed by atoms with E-state index in [1.54, 1.807) is 24.3 Å². The van der Waals surface area contributed by atoms with Gasteiger partial charge in [0.15, 0.2) is 0 Å². The van der Waals surface area contributed by atoms with Gasteiger partial charge in [0.25, 0.3) is 0 Å². The molecule has 1 aromatic rings. The standard InChI is InChI=1S/C13H15ClO2S/c1-13(6-3-7-17-9-13)16-12(15)10-4-2-5-11(14)8-10/h2,4-5,8H,3,6-7,9H2,1H3. The molecule has 0 bridgehead atoms. The lowest BCUT2D eigenvalue weighted by atomic mass is 10.0. The van der Waals surface area contributed by atoms with Crippen LogP contribution < -0.4 is 0 Å². The highest BCUT2D eigenvalue weighted by Gasteiger charge is 2.31. The molecular weight excluding hydrogens is 256 g/mol. The number of carbonyl (C=O) groups excluding carboxylic acids is 1. The summed E-state index contributed by atoms with van der Waals surface area (Å²) in [7, 11) is 0. The molecule has 4 heteroatoms. The van der Waals surface area contributed by atoms with E-state index in [4.69, 9.17) is 16.3 Å². The molecule has 0 aromatic heterocycles. The molecule has 0 aliphatic carbocycles. The molecule has 2 nitrogen and oxygen atoms in total. The highest BCUT2D eigenvalue weighted by Crippen LogP contribution is 2.30. The van der Waals surface area contributed by atoms with Crippen molar-refractivity contribution in [2.75, 3.05) is 11.5 Å². The minimum absolute atomic E-state index is 0.280. The van der Waals surface area contributed by atoms with Gasteiger partial charge in [0, 0.05) is 10.8 Å². The van der Waals surface area contributed by atoms with E-state index in [0.29, 0.717) is 10.6 Å². The molecule has 1 saturated heterocycles. The summed E-state index contributed by atoms with van der Waals surface area (Å²) in [6.07, 6.45) is 2.04. The Labute approximate surface area is 111 Å². The van der Waals surface area contributed by atoms with Crippen molar-refractivity contribution in [1.82, 2.24) is 0 Å². The third-order valence-electron chi connectivity index (χ3n) is 2.80. The Kier molecular flexibility index (Phi) is 4.00. The summed E-state index contributed by atoms with van der Waals surface area (Å²) in [5, 5.41) is 0.558. The summed E-state index contributed by atoms with van der Waals surface area (Å²) >= 11 is 7.69. The average molecular weight is 271 g/mol. The fourth-order valence-corrected chi connectivity index (χ4v) is 3.21. The number of hydrogen-bond acceptors (Lipinski definition) is 3. The Bertz CT molecular complexity index is 414. The van der Waals surface area contributed by atoms with E-state index in [1.807, 2.05) is 18.7 Å². The predicted octanol–water partition coefficient (Wildman–Crippen LogP) is 3.78. The minimum Gasteiger partial charge on any atom is -0.455 e. The lowest BCUT2D eigenvalue weighted by molar-refractivity contribution is -0.00357. The van der Waals surface area contributed by atoms with Crippen LogP contribution >= 0.6 is 23.4 Å². The zero-order chi connectivity index (χ0) is 12.3. The molecule has 2 rings (SSSR count). The molecule has 1 atom stereocenters. The van der Waals surface area contributed by atoms with Crippen molar-refractivity contribution in [2.24, 2.45) is 0 Å². The fraction of sp³-hybridized carbons (Fsp3) is 0.462. The van der Waals surface area contributed by atoms with Gasteiger partial charge in [0.2, 0.25) is 0 Å². The van der Waals surface area contributed by atoms with Crippen molar-refractivity contribution in [2.45, 2.75) is 25.4 Å². The summed E-state index contributed by atoms with van der Waals surface area (Å²) in [5.74, 6) is 1.75. The topological polar surface area (TPSA) is 26.3 Å². The largest absolute Gasteiger partial charge is 0.455 e. The zero-order valence-electron chi connectivity index (χ0n) is 9.74. The molecule has 0 radical (unpaired) electrons. The van der Waals surface area contributed by atoms with Crippen molar-refractivity contribution in [3.63, 3.8) is 0 Å². The molecule has 0 saturated carbocycles. The Morgan fingerprint density at radius 3 is 3.00 bits per heavy atom. The van der Waals surface area contributed by atoms with Crippen molar-refractivity contribution >= 4 is 29.3 Å². The summed E-state index contributed by atoms with van der Waals surface area (Å²) in [6, 6.07) is 6.88. The molecular formula is C13H15ClO2S. The van der Waals surface area contributed by atoms with E-state index in [1.165, 1.54) is 0 Å². The molecule has 1 unspecified atom stereocenters. The molecule has 1 aliphatic rings. The third kappa shape index (κ3) is 3.39. The van der Waals surface area contributed by atoms with Gasteiger partial charge in [0.1, 0.15) is 5.60 Å². The van der Waals surface area contributed by atoms with Crippen LogP contribution in [0.3, 0.4) is 0 Å². The molecule has 0 amide bonds. The van der Waals surface area contributed by atoms with Crippen LogP contribution in [0.2, 0.25) is 5.02 Å². The first kappa shape index (κ1) is 12.8. The molecule has 1 fully saturated rings. The van der Waals surface area contributed by atoms with Gasteiger partial charge in [0.05, 0.1) is 5.56 Å². The summed E-state index contributed by atoms with van der Waals surface area (Å²) in [4.78, 5) is 12.0. The second-order valence-electron chi connectivity index (χ2n) is 4.51. The smallest absolute Gasteiger partial charge is 0.338 e. The third-order valence-corrected chi connectivity index (χ3v) is 4.43. The van der Waals surface area contributed by atoms with E-state index in [9.17, 15) is 4.79 Å². The maximum Gasteiger partial charge on any atom is 0.338 e. The van der Waals surface area contributed by atoms with Crippen LogP contribution in [0.5, 0.6) is 0 Å². The first-order valence-electron chi connectivity index (χ1n) is 5.66. The van der Waals surface area contributed by atoms with Crippen molar-refractivity contribution < 1.29 is 9.53 Å². The minimum atomic E-state index is -0.331. The molecule has 1 aromatic carbocycles. The van der Waals surface area contributed by atoms with E-state index in [-0.39, 0.29) is 11.6 Å². The lowest BCUT2D eigenvalue weighted by Crippen LogP contribution is -2.37. The van der Waals surface area contributed by atoms with Crippen molar-refractivity contribution in [3.8, 4) is 0 Å². The molecule has 1 aliphatic heterocycles. The maximum atomic E-state index is 12.0. The molecule has 0 spiro atoms. The Balaban J connectivity index is 2.06. The predicted molar refractivity (Wildman–Crippen MR) is 71.8 cm³/mol. The number of hydrogen-bond donors (Lipinski definition) is 0. The highest BCUT2D eigenvalue weighted by molar-refractivity contribution is 7.99. The van der Waals surface area contributed by atoms with Crippen LogP contribution in [-0.2, 0) is 4.74 Å². The van der Waals surface area contributed by atoms with Gasteiger partial charge in [-0.15, -0.1) is 0 Å². The second kappa shape index (κ2) is 5.32. The van der Waals surface area contributed by atoms with Gasteiger partial charge in [-0.05, 0) is 43.7 Å². The number of esters is 1. The number of thioether (sulfide) groups is 1. The first-order valence-corrected chi connectivity index (χ1v) is 7.19. The van der Waals surface area contributed by atoms with Gasteiger partial charge in [-0.25, -0.2) is 4.79 Å². The summed E-state index contributed by atoms with van der Waals surface area (Å²) in [5.41, 5.74) is 0.191. The van der Waals surface area contributed by atoms with Crippen LogP contribution in [0.15, 0.2) is 24.3 Å². The summed E-state index contributed by atoms with van der Waals surface area (Å²) < 4.78 is 5.60. The van der Waals surface area contributed by atoms with Crippen LogP contribution in [0.1, 0.15) is 30.1 Å². The van der Waals surface area contributed by atoms with E-state index in [0.717, 1.165) is 24.3 Å². The number of carbonyl (C=O) groups is 1. The van der Waals surface area contributed by atoms with Gasteiger partial charge < -0.3 is 4.74 Å². The van der Waals surface area contributed by atoms with Gasteiger partial charge in [-0.1, -0.05) is 17.7 Å². The molecule has 92 valence electrons. The lowest BCUT2D eigenvalue weighted by Gasteiger charge is -2.32. The maximum absolute atomic E-state index is 12.0. The molecule has 0 N–H and O–H groups in total. The first-order chi connectivity index (χ1) is 8.09. The molecule has 1 heterocycles. The average Bonchev–Trinajstić information content (AvgIpc) is 2.29. The number of halogens is 1. The fourth-order valence-electron chi connectivity index (χ4n) is 1.89. The van der Waals surface area contributed by atoms with Crippen molar-refractivity contribution in [3.05, 3.63) is 34.9 Å². The number of ether oxygens (including phenoxy) is 1. The quantitative estimate of drug-likeness (QED) is 0.765. The van der Waals surface area contributed by atoms with Crippen LogP contribution in [0, 0.1) is 0 Å². The zero-order valence-corrected chi connectivity index (χ0v) is 11.3. The van der Waals surface area contributed by atoms with Crippen LogP contribution in [0.25, 0.3) is 0 Å². The van der Waals surface area contributed by atoms with E-state index < -0.39 is 0 Å². The second-order valence-corrected chi connectivity index (χ2v) is 6.05. The van der Waals surface area contributed by atoms with E-state index in [2.05, 4.69) is 0 Å². The SMILES string of the molecule is CC1(OC(=O)c2cccc(Cl)c2)CCCSC1. The van der Waals surface area contributed by atoms with Gasteiger partial charge in [-0.2, -0.15) is 11.8 Å². The highest BCUT2D eigenvalue weighted by atomic mass is 35.5. The normalized spacial score (nSPS) is 24.4.